The van der Waals surface area contributed by atoms with Crippen LogP contribution >= 0.6 is 0 Å². The first-order chi connectivity index (χ1) is 14.1. The monoisotopic (exact) mass is 397 g/mol. The number of methoxy groups -OCH3 is 1. The van der Waals surface area contributed by atoms with Crippen molar-refractivity contribution < 1.29 is 19.1 Å². The lowest BCUT2D eigenvalue weighted by Gasteiger charge is -2.32. The van der Waals surface area contributed by atoms with Crippen LogP contribution in [0.25, 0.3) is 0 Å². The van der Waals surface area contributed by atoms with Gasteiger partial charge in [0, 0.05) is 37.3 Å². The Morgan fingerprint density at radius 1 is 0.966 bits per heavy atom. The normalized spacial score (nSPS) is 14.3. The number of carbonyl (C=O) groups excluding carboxylic acids is 2. The van der Waals surface area contributed by atoms with Crippen LogP contribution in [-0.4, -0.2) is 75.1 Å². The Bertz CT molecular complexity index is 830. The van der Waals surface area contributed by atoms with Crippen molar-refractivity contribution in [1.82, 2.24) is 15.1 Å². The number of nitrogens with zero attached hydrogens (tertiary/aromatic N) is 2. The SMILES string of the molecule is COc1ccc(OCCNC(=O)c2cccc(C(=O)N3CCN(C)CC3)c2)cc1. The number of piperazine rings is 1. The van der Waals surface area contributed by atoms with Crippen molar-refractivity contribution in [2.75, 3.05) is 53.5 Å². The number of nitrogens with one attached hydrogen (secondary N) is 1. The highest BCUT2D eigenvalue weighted by Gasteiger charge is 2.21. The maximum absolute atomic E-state index is 12.7. The number of likely N-dealkylation sites (N-methyl/N-ethyl adjacent to an activating group) is 1. The number of hydrogen-bond acceptors (Lipinski definition) is 5. The van der Waals surface area contributed by atoms with E-state index in [1.165, 1.54) is 0 Å². The summed E-state index contributed by atoms with van der Waals surface area (Å²) in [6.07, 6.45) is 0. The van der Waals surface area contributed by atoms with Crippen LogP contribution in [0.4, 0.5) is 0 Å². The van der Waals surface area contributed by atoms with E-state index in [0.717, 1.165) is 18.8 Å². The maximum Gasteiger partial charge on any atom is 0.253 e. The standard InChI is InChI=1S/C22H27N3O4/c1-24-11-13-25(14-12-24)22(27)18-5-3-4-17(16-18)21(26)23-10-15-29-20-8-6-19(28-2)7-9-20/h3-9,16H,10-15H2,1-2H3,(H,23,26). The summed E-state index contributed by atoms with van der Waals surface area (Å²) in [5.74, 6) is 1.21. The molecule has 0 unspecified atom stereocenters. The minimum absolute atomic E-state index is 0.0319. The molecule has 2 aromatic rings. The molecular formula is C22H27N3O4. The average Bonchev–Trinajstić information content (AvgIpc) is 2.77. The molecule has 0 radical (unpaired) electrons. The van der Waals surface area contributed by atoms with Gasteiger partial charge in [-0.05, 0) is 49.5 Å². The van der Waals surface area contributed by atoms with E-state index in [0.29, 0.717) is 43.1 Å². The molecule has 0 atom stereocenters. The van der Waals surface area contributed by atoms with Crippen molar-refractivity contribution in [2.45, 2.75) is 0 Å². The Labute approximate surface area is 171 Å². The number of benzene rings is 2. The molecular weight excluding hydrogens is 370 g/mol. The summed E-state index contributed by atoms with van der Waals surface area (Å²) in [5, 5.41) is 2.82. The number of amides is 2. The molecule has 0 aliphatic carbocycles. The predicted octanol–water partition coefficient (Wildman–Crippen LogP) is 1.89. The van der Waals surface area contributed by atoms with E-state index in [9.17, 15) is 9.59 Å². The highest BCUT2D eigenvalue weighted by Crippen LogP contribution is 2.16. The number of rotatable bonds is 7. The molecule has 1 saturated heterocycles. The fourth-order valence-electron chi connectivity index (χ4n) is 3.09. The highest BCUT2D eigenvalue weighted by molar-refractivity contribution is 5.99. The summed E-state index contributed by atoms with van der Waals surface area (Å²) in [6.45, 7) is 3.84. The van der Waals surface area contributed by atoms with Gasteiger partial charge in [0.05, 0.1) is 13.7 Å². The van der Waals surface area contributed by atoms with Gasteiger partial charge in [-0.2, -0.15) is 0 Å². The third-order valence-corrected chi connectivity index (χ3v) is 4.88. The van der Waals surface area contributed by atoms with Crippen molar-refractivity contribution in [3.63, 3.8) is 0 Å². The van der Waals surface area contributed by atoms with Gasteiger partial charge < -0.3 is 24.6 Å². The van der Waals surface area contributed by atoms with E-state index >= 15 is 0 Å². The molecule has 0 saturated carbocycles. The van der Waals surface area contributed by atoms with Crippen LogP contribution in [-0.2, 0) is 0 Å². The second kappa shape index (κ2) is 9.93. The molecule has 0 spiro atoms. The van der Waals surface area contributed by atoms with Crippen LogP contribution in [0.1, 0.15) is 20.7 Å². The first kappa shape index (κ1) is 20.7. The molecule has 3 rings (SSSR count). The predicted molar refractivity (Wildman–Crippen MR) is 111 cm³/mol. The molecule has 2 amide bonds. The first-order valence-corrected chi connectivity index (χ1v) is 9.70. The second-order valence-corrected chi connectivity index (χ2v) is 6.96. The van der Waals surface area contributed by atoms with Gasteiger partial charge in [0.2, 0.25) is 0 Å². The van der Waals surface area contributed by atoms with E-state index in [-0.39, 0.29) is 11.8 Å². The smallest absolute Gasteiger partial charge is 0.253 e. The van der Waals surface area contributed by atoms with Crippen LogP contribution in [0.5, 0.6) is 11.5 Å². The Morgan fingerprint density at radius 3 is 2.31 bits per heavy atom. The molecule has 7 heteroatoms. The molecule has 1 heterocycles. The lowest BCUT2D eigenvalue weighted by atomic mass is 10.1. The first-order valence-electron chi connectivity index (χ1n) is 9.70. The molecule has 1 aliphatic heterocycles. The Morgan fingerprint density at radius 2 is 1.62 bits per heavy atom. The number of ether oxygens (including phenoxy) is 2. The van der Waals surface area contributed by atoms with Gasteiger partial charge in [0.25, 0.3) is 11.8 Å². The molecule has 0 bridgehead atoms. The fraction of sp³-hybridized carbons (Fsp3) is 0.364. The molecule has 1 aliphatic rings. The van der Waals surface area contributed by atoms with Crippen molar-refractivity contribution in [1.29, 1.82) is 0 Å². The lowest BCUT2D eigenvalue weighted by molar-refractivity contribution is 0.0664. The molecule has 29 heavy (non-hydrogen) atoms. The van der Waals surface area contributed by atoms with Crippen molar-refractivity contribution >= 4 is 11.8 Å². The van der Waals surface area contributed by atoms with Gasteiger partial charge >= 0.3 is 0 Å². The topological polar surface area (TPSA) is 71.1 Å². The van der Waals surface area contributed by atoms with Gasteiger partial charge in [-0.3, -0.25) is 9.59 Å². The van der Waals surface area contributed by atoms with Crippen molar-refractivity contribution in [2.24, 2.45) is 0 Å². The maximum atomic E-state index is 12.7. The second-order valence-electron chi connectivity index (χ2n) is 6.96. The minimum Gasteiger partial charge on any atom is -0.497 e. The largest absolute Gasteiger partial charge is 0.497 e. The van der Waals surface area contributed by atoms with E-state index in [1.54, 1.807) is 31.4 Å². The molecule has 7 nitrogen and oxygen atoms in total. The van der Waals surface area contributed by atoms with Crippen LogP contribution in [0.2, 0.25) is 0 Å². The van der Waals surface area contributed by atoms with Crippen LogP contribution in [0.15, 0.2) is 48.5 Å². The average molecular weight is 397 g/mol. The summed E-state index contributed by atoms with van der Waals surface area (Å²) >= 11 is 0. The molecule has 1 N–H and O–H groups in total. The molecule has 0 aromatic heterocycles. The zero-order valence-corrected chi connectivity index (χ0v) is 16.9. The van der Waals surface area contributed by atoms with Crippen LogP contribution in [0.3, 0.4) is 0 Å². The molecule has 1 fully saturated rings. The molecule has 2 aromatic carbocycles. The highest BCUT2D eigenvalue weighted by atomic mass is 16.5. The number of carbonyl (C=O) groups is 2. The number of hydrogen-bond donors (Lipinski definition) is 1. The van der Waals surface area contributed by atoms with Gasteiger partial charge in [0.15, 0.2) is 0 Å². The Balaban J connectivity index is 1.49. The van der Waals surface area contributed by atoms with Crippen molar-refractivity contribution in [3.8, 4) is 11.5 Å². The summed E-state index contributed by atoms with van der Waals surface area (Å²) in [5.41, 5.74) is 1.01. The van der Waals surface area contributed by atoms with E-state index in [1.807, 2.05) is 36.2 Å². The van der Waals surface area contributed by atoms with Crippen LogP contribution in [0, 0.1) is 0 Å². The van der Waals surface area contributed by atoms with Gasteiger partial charge in [-0.1, -0.05) is 6.07 Å². The third kappa shape index (κ3) is 5.71. The van der Waals surface area contributed by atoms with Gasteiger partial charge in [0.1, 0.15) is 18.1 Å². The van der Waals surface area contributed by atoms with E-state index < -0.39 is 0 Å². The third-order valence-electron chi connectivity index (χ3n) is 4.88. The molecule has 154 valence electrons. The van der Waals surface area contributed by atoms with Gasteiger partial charge in [-0.15, -0.1) is 0 Å². The Kier molecular flexibility index (Phi) is 7.08. The van der Waals surface area contributed by atoms with Crippen LogP contribution < -0.4 is 14.8 Å². The summed E-state index contributed by atoms with van der Waals surface area (Å²) in [6, 6.07) is 14.1. The van der Waals surface area contributed by atoms with Gasteiger partial charge in [-0.25, -0.2) is 0 Å². The zero-order valence-electron chi connectivity index (χ0n) is 16.9. The summed E-state index contributed by atoms with van der Waals surface area (Å²) < 4.78 is 10.7. The quantitative estimate of drug-likeness (QED) is 0.723. The lowest BCUT2D eigenvalue weighted by Crippen LogP contribution is -2.47. The van der Waals surface area contributed by atoms with E-state index in [2.05, 4.69) is 10.2 Å². The Hall–Kier alpha value is -3.06. The van der Waals surface area contributed by atoms with E-state index in [4.69, 9.17) is 9.47 Å². The summed E-state index contributed by atoms with van der Waals surface area (Å²) in [4.78, 5) is 29.1. The zero-order chi connectivity index (χ0) is 20.6. The van der Waals surface area contributed by atoms with Crippen molar-refractivity contribution in [3.05, 3.63) is 59.7 Å². The minimum atomic E-state index is -0.226. The fourth-order valence-corrected chi connectivity index (χ4v) is 3.09. The summed E-state index contributed by atoms with van der Waals surface area (Å²) in [7, 11) is 3.66.